The van der Waals surface area contributed by atoms with Crippen LogP contribution in [0.5, 0.6) is 0 Å². The third kappa shape index (κ3) is 2.88. The molecule has 0 unspecified atom stereocenters. The molecule has 8 heteroatoms. The van der Waals surface area contributed by atoms with Crippen LogP contribution < -0.4 is 35.2 Å². The van der Waals surface area contributed by atoms with E-state index < -0.39 is 0 Å². The summed E-state index contributed by atoms with van der Waals surface area (Å²) >= 11 is 0. The lowest BCUT2D eigenvalue weighted by atomic mass is 10.5. The van der Waals surface area contributed by atoms with E-state index in [0.29, 0.717) is 22.1 Å². The van der Waals surface area contributed by atoms with Gasteiger partial charge in [0, 0.05) is 14.1 Å². The molecule has 0 radical (unpaired) electrons. The lowest BCUT2D eigenvalue weighted by molar-refractivity contribution is -0.00000414. The largest absolute Gasteiger partial charge is 1.00 e. The fourth-order valence-corrected chi connectivity index (χ4v) is 2.41. The highest BCUT2D eigenvalue weighted by Gasteiger charge is 2.15. The van der Waals surface area contributed by atoms with Crippen molar-refractivity contribution in [1.29, 1.82) is 0 Å². The summed E-state index contributed by atoms with van der Waals surface area (Å²) in [5, 5.41) is 0. The van der Waals surface area contributed by atoms with Crippen molar-refractivity contribution in [1.82, 2.24) is 18.7 Å². The van der Waals surface area contributed by atoms with Crippen molar-refractivity contribution < 1.29 is 24.0 Å². The number of halogens is 1. The third-order valence-corrected chi connectivity index (χ3v) is 3.96. The molecule has 6 nitrogen and oxygen atoms in total. The van der Waals surface area contributed by atoms with Crippen molar-refractivity contribution >= 4 is 22.1 Å². The minimum atomic E-state index is -0.344. The molecule has 2 heterocycles. The Kier molecular flexibility index (Phi) is 5.25. The predicted octanol–water partition coefficient (Wildman–Crippen LogP) is -3.68. The Morgan fingerprint density at radius 3 is 2.42 bits per heavy atom. The van der Waals surface area contributed by atoms with E-state index in [0.717, 1.165) is 16.9 Å². The minimum absolute atomic E-state index is 0. The maximum Gasteiger partial charge on any atom is 0.332 e. The van der Waals surface area contributed by atoms with Crippen LogP contribution in [0.25, 0.3) is 11.2 Å². The lowest BCUT2D eigenvalue weighted by Gasteiger charge is -2.05. The smallest absolute Gasteiger partial charge is 0.332 e. The van der Waals surface area contributed by atoms with Crippen molar-refractivity contribution in [2.75, 3.05) is 18.3 Å². The van der Waals surface area contributed by atoms with E-state index in [4.69, 9.17) is 0 Å². The van der Waals surface area contributed by atoms with E-state index in [-0.39, 0.29) is 35.2 Å². The number of imidazole rings is 1. The maximum absolute atomic E-state index is 12.1. The molecule has 0 amide bonds. The number of aryl methyl sites for hydroxylation is 2. The van der Waals surface area contributed by atoms with Gasteiger partial charge in [-0.05, 0) is 10.9 Å². The molecule has 0 saturated heterocycles. The number of hydrogen-bond donors (Lipinski definition) is 0. The van der Waals surface area contributed by atoms with E-state index >= 15 is 0 Å². The third-order valence-electron chi connectivity index (χ3n) is 2.96. The van der Waals surface area contributed by atoms with Gasteiger partial charge in [0.2, 0.25) is 0 Å². The van der Waals surface area contributed by atoms with Crippen LogP contribution in [-0.4, -0.2) is 36.9 Å². The Hall–Kier alpha value is -0.770. The van der Waals surface area contributed by atoms with Gasteiger partial charge >= 0.3 is 5.69 Å². The molecule has 0 aromatic carbocycles. The summed E-state index contributed by atoms with van der Waals surface area (Å²) in [7, 11) is 3.43. The summed E-state index contributed by atoms with van der Waals surface area (Å²) in [6.07, 6.45) is 5.96. The molecular formula is C11H17IN4O2S. The van der Waals surface area contributed by atoms with Crippen LogP contribution >= 0.6 is 0 Å². The molecule has 19 heavy (non-hydrogen) atoms. The van der Waals surface area contributed by atoms with Crippen LogP contribution in [0.15, 0.2) is 15.9 Å². The first-order valence-electron chi connectivity index (χ1n) is 5.58. The SMILES string of the molecule is Cn1c(=O)c2c(ncn2CC[S+](C)C)n(C)c1=O.[I-]. The number of rotatable bonds is 3. The van der Waals surface area contributed by atoms with Gasteiger partial charge < -0.3 is 28.5 Å². The van der Waals surface area contributed by atoms with Gasteiger partial charge in [0.15, 0.2) is 11.2 Å². The second kappa shape index (κ2) is 6.12. The van der Waals surface area contributed by atoms with Crippen molar-refractivity contribution in [3.05, 3.63) is 27.2 Å². The van der Waals surface area contributed by atoms with Crippen molar-refractivity contribution in [2.24, 2.45) is 14.1 Å². The molecule has 2 rings (SSSR count). The van der Waals surface area contributed by atoms with Gasteiger partial charge in [-0.25, -0.2) is 9.78 Å². The fraction of sp³-hybridized carbons (Fsp3) is 0.545. The Balaban J connectivity index is 0.00000180. The topological polar surface area (TPSA) is 61.8 Å². The molecule has 0 saturated carbocycles. The standard InChI is InChI=1S/C11H17N4O2S.HI/c1-13-9-8(10(16)14(2)11(13)17)15(7-12-9)5-6-18(3)4;/h7H,5-6H2,1-4H3;1H/q+1;/p-1. The van der Waals surface area contributed by atoms with Crippen LogP contribution in [0.4, 0.5) is 0 Å². The Bertz CT molecular complexity index is 701. The minimum Gasteiger partial charge on any atom is -1.00 e. The molecule has 0 bridgehead atoms. The molecule has 0 aliphatic rings. The van der Waals surface area contributed by atoms with Gasteiger partial charge in [0.25, 0.3) is 5.56 Å². The van der Waals surface area contributed by atoms with E-state index in [2.05, 4.69) is 17.5 Å². The normalized spacial score (nSPS) is 11.0. The molecule has 2 aromatic heterocycles. The molecule has 0 spiro atoms. The quantitative estimate of drug-likeness (QED) is 0.397. The summed E-state index contributed by atoms with van der Waals surface area (Å²) in [6.45, 7) is 0.750. The number of fused-ring (bicyclic) bond motifs is 1. The first kappa shape index (κ1) is 16.3. The van der Waals surface area contributed by atoms with Gasteiger partial charge in [-0.2, -0.15) is 0 Å². The Morgan fingerprint density at radius 2 is 1.84 bits per heavy atom. The fourth-order valence-electron chi connectivity index (χ4n) is 1.85. The van der Waals surface area contributed by atoms with E-state index in [1.54, 1.807) is 13.4 Å². The average Bonchev–Trinajstić information content (AvgIpc) is 2.75. The van der Waals surface area contributed by atoms with Gasteiger partial charge in [-0.1, -0.05) is 0 Å². The number of aromatic nitrogens is 4. The number of nitrogens with zero attached hydrogens (tertiary/aromatic N) is 4. The zero-order valence-corrected chi connectivity index (χ0v) is 14.4. The van der Waals surface area contributed by atoms with Crippen molar-refractivity contribution in [3.63, 3.8) is 0 Å². The van der Waals surface area contributed by atoms with Crippen LogP contribution in [0.2, 0.25) is 0 Å². The number of hydrogen-bond acceptors (Lipinski definition) is 3. The zero-order valence-electron chi connectivity index (χ0n) is 11.4. The summed E-state index contributed by atoms with van der Waals surface area (Å²) < 4.78 is 4.37. The first-order valence-corrected chi connectivity index (χ1v) is 7.79. The summed E-state index contributed by atoms with van der Waals surface area (Å²) in [4.78, 5) is 28.1. The summed E-state index contributed by atoms with van der Waals surface area (Å²) in [5.41, 5.74) is 0.335. The predicted molar refractivity (Wildman–Crippen MR) is 74.3 cm³/mol. The molecule has 0 N–H and O–H groups in total. The Morgan fingerprint density at radius 1 is 1.21 bits per heavy atom. The molecule has 0 aliphatic heterocycles. The molecule has 2 aromatic rings. The summed E-state index contributed by atoms with van der Waals surface area (Å²) in [5.74, 6) is 0.997. The molecule has 0 aliphatic carbocycles. The molecule has 0 atom stereocenters. The Labute approximate surface area is 130 Å². The molecule has 0 fully saturated rings. The molecule has 106 valence electrons. The van der Waals surface area contributed by atoms with Crippen LogP contribution in [-0.2, 0) is 31.5 Å². The van der Waals surface area contributed by atoms with Crippen LogP contribution in [0.1, 0.15) is 0 Å². The lowest BCUT2D eigenvalue weighted by Crippen LogP contribution is -3.00. The highest BCUT2D eigenvalue weighted by atomic mass is 127. The molecular weight excluding hydrogens is 379 g/mol. The average molecular weight is 396 g/mol. The van der Waals surface area contributed by atoms with Crippen molar-refractivity contribution in [3.8, 4) is 0 Å². The van der Waals surface area contributed by atoms with Gasteiger partial charge in [0.05, 0.1) is 25.4 Å². The highest BCUT2D eigenvalue weighted by molar-refractivity contribution is 7.95. The van der Waals surface area contributed by atoms with Gasteiger partial charge in [-0.3, -0.25) is 13.9 Å². The van der Waals surface area contributed by atoms with E-state index in [1.165, 1.54) is 11.6 Å². The summed E-state index contributed by atoms with van der Waals surface area (Å²) in [6, 6.07) is 0. The van der Waals surface area contributed by atoms with Gasteiger partial charge in [-0.15, -0.1) is 0 Å². The van der Waals surface area contributed by atoms with E-state index in [9.17, 15) is 9.59 Å². The van der Waals surface area contributed by atoms with Crippen molar-refractivity contribution in [2.45, 2.75) is 6.54 Å². The first-order chi connectivity index (χ1) is 8.43. The van der Waals surface area contributed by atoms with Gasteiger partial charge in [0.1, 0.15) is 5.75 Å². The second-order valence-corrected chi connectivity index (χ2v) is 6.89. The monoisotopic (exact) mass is 396 g/mol. The van der Waals surface area contributed by atoms with Crippen LogP contribution in [0.3, 0.4) is 0 Å². The van der Waals surface area contributed by atoms with Crippen LogP contribution in [0, 0.1) is 0 Å². The zero-order chi connectivity index (χ0) is 13.4. The highest BCUT2D eigenvalue weighted by Crippen LogP contribution is 2.05. The van der Waals surface area contributed by atoms with E-state index in [1.807, 2.05) is 4.57 Å². The maximum atomic E-state index is 12.1. The second-order valence-electron chi connectivity index (χ2n) is 4.51.